The van der Waals surface area contributed by atoms with E-state index in [4.69, 9.17) is 11.6 Å². The highest BCUT2D eigenvalue weighted by atomic mass is 35.5. The lowest BCUT2D eigenvalue weighted by atomic mass is 9.84. The van der Waals surface area contributed by atoms with Gasteiger partial charge in [0.15, 0.2) is 0 Å². The molecule has 0 aromatic heterocycles. The summed E-state index contributed by atoms with van der Waals surface area (Å²) < 4.78 is 0. The van der Waals surface area contributed by atoms with Crippen LogP contribution >= 0.6 is 11.6 Å². The fourth-order valence-corrected chi connectivity index (χ4v) is 2.67. The average Bonchev–Trinajstić information content (AvgIpc) is 2.37. The Morgan fingerprint density at radius 3 is 2.52 bits per heavy atom. The molecule has 1 aliphatic heterocycles. The minimum absolute atomic E-state index is 0.0467. The van der Waals surface area contributed by atoms with Crippen LogP contribution in [0.2, 0.25) is 5.02 Å². The Balaban J connectivity index is 2.27. The molecule has 1 saturated heterocycles. The molecule has 2 unspecified atom stereocenters. The molecule has 1 aromatic carbocycles. The van der Waals surface area contributed by atoms with Crippen LogP contribution in [0, 0.1) is 5.41 Å². The van der Waals surface area contributed by atoms with E-state index in [1.165, 1.54) is 0 Å². The highest BCUT2D eigenvalue weighted by molar-refractivity contribution is 6.30. The Morgan fingerprint density at radius 2 is 1.95 bits per heavy atom. The second kappa shape index (κ2) is 5.68. The van der Waals surface area contributed by atoms with E-state index in [0.29, 0.717) is 11.6 Å². The van der Waals surface area contributed by atoms with Crippen LogP contribution < -0.4 is 5.32 Å². The lowest BCUT2D eigenvalue weighted by molar-refractivity contribution is -0.152. The van der Waals surface area contributed by atoms with Crippen LogP contribution in [0.3, 0.4) is 0 Å². The van der Waals surface area contributed by atoms with Crippen molar-refractivity contribution in [3.63, 3.8) is 0 Å². The molecule has 114 valence electrons. The highest BCUT2D eigenvalue weighted by Gasteiger charge is 2.43. The van der Waals surface area contributed by atoms with Crippen molar-refractivity contribution >= 4 is 23.4 Å². The van der Waals surface area contributed by atoms with Crippen molar-refractivity contribution in [1.82, 2.24) is 10.2 Å². The molecule has 1 N–H and O–H groups in total. The number of amides is 2. The van der Waals surface area contributed by atoms with Gasteiger partial charge in [0.25, 0.3) is 0 Å². The quantitative estimate of drug-likeness (QED) is 0.913. The second-order valence-electron chi connectivity index (χ2n) is 6.58. The van der Waals surface area contributed by atoms with Crippen molar-refractivity contribution in [2.45, 2.75) is 46.3 Å². The minimum atomic E-state index is -0.500. The third kappa shape index (κ3) is 3.38. The Morgan fingerprint density at radius 1 is 1.29 bits per heavy atom. The topological polar surface area (TPSA) is 49.4 Å². The van der Waals surface area contributed by atoms with Crippen molar-refractivity contribution in [1.29, 1.82) is 0 Å². The molecule has 1 aliphatic rings. The molecule has 5 heteroatoms. The average molecular weight is 309 g/mol. The molecule has 0 spiro atoms. The summed E-state index contributed by atoms with van der Waals surface area (Å²) in [5.41, 5.74) is 0.601. The highest BCUT2D eigenvalue weighted by Crippen LogP contribution is 2.26. The van der Waals surface area contributed by atoms with Crippen molar-refractivity contribution in [3.8, 4) is 0 Å². The van der Waals surface area contributed by atoms with Gasteiger partial charge in [0.1, 0.15) is 12.1 Å². The molecule has 4 nitrogen and oxygen atoms in total. The van der Waals surface area contributed by atoms with Gasteiger partial charge in [0, 0.05) is 11.6 Å². The van der Waals surface area contributed by atoms with Gasteiger partial charge in [-0.15, -0.1) is 0 Å². The number of halogens is 1. The maximum absolute atomic E-state index is 12.7. The monoisotopic (exact) mass is 308 g/mol. The zero-order valence-corrected chi connectivity index (χ0v) is 13.6. The van der Waals surface area contributed by atoms with Crippen LogP contribution in [0.1, 0.15) is 33.3 Å². The van der Waals surface area contributed by atoms with E-state index in [9.17, 15) is 9.59 Å². The summed E-state index contributed by atoms with van der Waals surface area (Å²) in [6.45, 7) is 7.98. The van der Waals surface area contributed by atoms with E-state index in [-0.39, 0.29) is 17.2 Å². The summed E-state index contributed by atoms with van der Waals surface area (Å²) in [6.07, 6.45) is 0. The Hall–Kier alpha value is -1.55. The van der Waals surface area contributed by atoms with Gasteiger partial charge in [0.2, 0.25) is 11.8 Å². The predicted molar refractivity (Wildman–Crippen MR) is 82.8 cm³/mol. The van der Waals surface area contributed by atoms with Gasteiger partial charge in [-0.25, -0.2) is 0 Å². The number of hydrogen-bond donors (Lipinski definition) is 1. The van der Waals surface area contributed by atoms with Crippen molar-refractivity contribution in [2.24, 2.45) is 5.41 Å². The van der Waals surface area contributed by atoms with Gasteiger partial charge in [0.05, 0.1) is 0 Å². The molecule has 2 atom stereocenters. The number of rotatable bonds is 2. The van der Waals surface area contributed by atoms with Crippen LogP contribution in [0.4, 0.5) is 0 Å². The third-order valence-corrected chi connectivity index (χ3v) is 4.01. The van der Waals surface area contributed by atoms with E-state index >= 15 is 0 Å². The first-order valence-corrected chi connectivity index (χ1v) is 7.43. The maximum Gasteiger partial charge on any atom is 0.246 e. The molecule has 0 aliphatic carbocycles. The van der Waals surface area contributed by atoms with Crippen LogP contribution in [0.25, 0.3) is 0 Å². The molecule has 0 bridgehead atoms. The molecule has 1 aromatic rings. The number of piperazine rings is 1. The normalized spacial score (nSPS) is 23.2. The predicted octanol–water partition coefficient (Wildman–Crippen LogP) is 2.60. The number of nitrogens with one attached hydrogen (secondary N) is 1. The summed E-state index contributed by atoms with van der Waals surface area (Å²) in [7, 11) is 0. The number of carbonyl (C=O) groups is 2. The molecule has 1 heterocycles. The number of benzene rings is 1. The summed E-state index contributed by atoms with van der Waals surface area (Å²) in [6, 6.07) is 6.38. The second-order valence-corrected chi connectivity index (χ2v) is 7.02. The lowest BCUT2D eigenvalue weighted by Crippen LogP contribution is -2.65. The van der Waals surface area contributed by atoms with Crippen LogP contribution in [0.5, 0.6) is 0 Å². The summed E-state index contributed by atoms with van der Waals surface area (Å²) in [5.74, 6) is -0.161. The zero-order valence-electron chi connectivity index (χ0n) is 12.8. The van der Waals surface area contributed by atoms with Gasteiger partial charge in [-0.05, 0) is 30.0 Å². The van der Waals surface area contributed by atoms with Gasteiger partial charge in [-0.2, -0.15) is 0 Å². The van der Waals surface area contributed by atoms with Gasteiger partial charge < -0.3 is 10.2 Å². The van der Waals surface area contributed by atoms with E-state index in [0.717, 1.165) is 5.56 Å². The number of carbonyl (C=O) groups excluding carboxylic acids is 2. The van der Waals surface area contributed by atoms with Crippen molar-refractivity contribution < 1.29 is 9.59 Å². The standard InChI is InChI=1S/C16H21ClN2O2/c1-10-14(20)18-13(16(2,3)4)15(21)19(10)9-11-6-5-7-12(17)8-11/h5-8,10,13H,9H2,1-4H3,(H,18,20). The molecule has 0 radical (unpaired) electrons. The van der Waals surface area contributed by atoms with Crippen molar-refractivity contribution in [2.75, 3.05) is 0 Å². The first-order valence-electron chi connectivity index (χ1n) is 7.05. The molecule has 21 heavy (non-hydrogen) atoms. The Bertz CT molecular complexity index is 566. The van der Waals surface area contributed by atoms with Gasteiger partial charge >= 0.3 is 0 Å². The third-order valence-electron chi connectivity index (χ3n) is 3.77. The SMILES string of the molecule is CC1C(=O)NC(C(C)(C)C)C(=O)N1Cc1cccc(Cl)c1. The minimum Gasteiger partial charge on any atom is -0.342 e. The van der Waals surface area contributed by atoms with Crippen LogP contribution in [-0.2, 0) is 16.1 Å². The van der Waals surface area contributed by atoms with Gasteiger partial charge in [-0.1, -0.05) is 44.5 Å². The maximum atomic E-state index is 12.7. The Kier molecular flexibility index (Phi) is 4.28. The van der Waals surface area contributed by atoms with Crippen LogP contribution in [-0.4, -0.2) is 28.8 Å². The lowest BCUT2D eigenvalue weighted by Gasteiger charge is -2.42. The smallest absolute Gasteiger partial charge is 0.246 e. The first-order chi connectivity index (χ1) is 9.70. The number of nitrogens with zero attached hydrogens (tertiary/aromatic N) is 1. The molecular formula is C16H21ClN2O2. The summed E-state index contributed by atoms with van der Waals surface area (Å²) >= 11 is 5.98. The summed E-state index contributed by atoms with van der Waals surface area (Å²) in [4.78, 5) is 26.5. The van der Waals surface area contributed by atoms with Crippen LogP contribution in [0.15, 0.2) is 24.3 Å². The molecule has 2 amide bonds. The summed E-state index contributed by atoms with van der Waals surface area (Å²) in [5, 5.41) is 3.45. The fourth-order valence-electron chi connectivity index (χ4n) is 2.46. The van der Waals surface area contributed by atoms with Gasteiger partial charge in [-0.3, -0.25) is 9.59 Å². The molecule has 2 rings (SSSR count). The first kappa shape index (κ1) is 15.8. The molecule has 1 fully saturated rings. The van der Waals surface area contributed by atoms with E-state index in [1.54, 1.807) is 17.9 Å². The van der Waals surface area contributed by atoms with Crippen molar-refractivity contribution in [3.05, 3.63) is 34.9 Å². The van der Waals surface area contributed by atoms with E-state index < -0.39 is 12.1 Å². The fraction of sp³-hybridized carbons (Fsp3) is 0.500. The molecular weight excluding hydrogens is 288 g/mol. The Labute approximate surface area is 130 Å². The number of hydrogen-bond acceptors (Lipinski definition) is 2. The zero-order chi connectivity index (χ0) is 15.8. The van der Waals surface area contributed by atoms with E-state index in [1.807, 2.05) is 39.0 Å². The largest absolute Gasteiger partial charge is 0.342 e. The van der Waals surface area contributed by atoms with E-state index in [2.05, 4.69) is 5.32 Å². The molecule has 0 saturated carbocycles.